The second-order valence-electron chi connectivity index (χ2n) is 7.15. The molecule has 0 aliphatic carbocycles. The number of carbonyl (C=O) groups is 2. The third-order valence-electron chi connectivity index (χ3n) is 4.39. The molecule has 0 aromatic carbocycles. The molecule has 0 rings (SSSR count). The van der Waals surface area contributed by atoms with Gasteiger partial charge in [-0.25, -0.2) is 0 Å². The molecule has 4 N–H and O–H groups in total. The summed E-state index contributed by atoms with van der Waals surface area (Å²) in [6, 6.07) is 0. The Morgan fingerprint density at radius 1 is 0.615 bits per heavy atom. The molecule has 0 bridgehead atoms. The Labute approximate surface area is 155 Å². The van der Waals surface area contributed by atoms with Crippen LogP contribution in [0.25, 0.3) is 0 Å². The Kier molecular flexibility index (Phi) is 12.4. The highest BCUT2D eigenvalue weighted by atomic mass is 16.5. The van der Waals surface area contributed by atoms with Crippen molar-refractivity contribution in [2.75, 3.05) is 39.6 Å². The number of carbonyl (C=O) groups excluding carboxylic acids is 2. The van der Waals surface area contributed by atoms with Crippen LogP contribution in [0.2, 0.25) is 0 Å². The highest BCUT2D eigenvalue weighted by molar-refractivity contribution is 5.77. The molecular weight excluding hydrogens is 344 g/mol. The average molecular weight is 378 g/mol. The SMILES string of the molecule is CC(CO)(CO)C(=O)OCCCCCCCCOC(=O)C(C)(CO)CO. The lowest BCUT2D eigenvalue weighted by molar-refractivity contribution is -0.161. The van der Waals surface area contributed by atoms with Gasteiger partial charge in [0.1, 0.15) is 10.8 Å². The van der Waals surface area contributed by atoms with Gasteiger partial charge in [0, 0.05) is 0 Å². The van der Waals surface area contributed by atoms with Gasteiger partial charge in [0.25, 0.3) is 0 Å². The maximum Gasteiger partial charge on any atom is 0.316 e. The maximum atomic E-state index is 11.7. The number of aliphatic hydroxyl groups is 4. The first kappa shape index (κ1) is 24.8. The number of hydrogen-bond acceptors (Lipinski definition) is 8. The normalized spacial score (nSPS) is 12.1. The zero-order chi connectivity index (χ0) is 20.1. The molecular formula is C18H34O8. The summed E-state index contributed by atoms with van der Waals surface area (Å²) >= 11 is 0. The van der Waals surface area contributed by atoms with Gasteiger partial charge >= 0.3 is 11.9 Å². The van der Waals surface area contributed by atoms with Gasteiger partial charge in [-0.05, 0) is 26.7 Å². The standard InChI is InChI=1S/C18H34O8/c1-17(11-19,12-20)15(23)25-9-7-5-3-4-6-8-10-26-16(24)18(2,13-21)14-22/h19-22H,3-14H2,1-2H3. The van der Waals surface area contributed by atoms with Crippen molar-refractivity contribution < 1.29 is 39.5 Å². The Morgan fingerprint density at radius 2 is 0.885 bits per heavy atom. The van der Waals surface area contributed by atoms with Crippen LogP contribution < -0.4 is 0 Å². The molecule has 0 radical (unpaired) electrons. The maximum absolute atomic E-state index is 11.7. The molecule has 0 saturated carbocycles. The summed E-state index contributed by atoms with van der Waals surface area (Å²) in [7, 11) is 0. The number of unbranched alkanes of at least 4 members (excludes halogenated alkanes) is 5. The predicted molar refractivity (Wildman–Crippen MR) is 94.2 cm³/mol. The molecule has 0 amide bonds. The lowest BCUT2D eigenvalue weighted by Crippen LogP contribution is -2.37. The van der Waals surface area contributed by atoms with E-state index in [1.807, 2.05) is 0 Å². The van der Waals surface area contributed by atoms with Crippen molar-refractivity contribution in [3.63, 3.8) is 0 Å². The quantitative estimate of drug-likeness (QED) is 0.238. The van der Waals surface area contributed by atoms with Crippen molar-refractivity contribution in [1.82, 2.24) is 0 Å². The zero-order valence-corrected chi connectivity index (χ0v) is 15.9. The van der Waals surface area contributed by atoms with Crippen LogP contribution >= 0.6 is 0 Å². The molecule has 0 heterocycles. The molecule has 0 aliphatic heterocycles. The summed E-state index contributed by atoms with van der Waals surface area (Å²) in [5.41, 5.74) is -2.50. The first-order valence-corrected chi connectivity index (χ1v) is 9.07. The second-order valence-corrected chi connectivity index (χ2v) is 7.15. The summed E-state index contributed by atoms with van der Waals surface area (Å²) in [5.74, 6) is -1.19. The van der Waals surface area contributed by atoms with Gasteiger partial charge in [-0.2, -0.15) is 0 Å². The van der Waals surface area contributed by atoms with Gasteiger partial charge in [-0.15, -0.1) is 0 Å². The Balaban J connectivity index is 3.64. The van der Waals surface area contributed by atoms with E-state index in [1.54, 1.807) is 0 Å². The van der Waals surface area contributed by atoms with Crippen molar-refractivity contribution in [2.24, 2.45) is 10.8 Å². The third-order valence-corrected chi connectivity index (χ3v) is 4.39. The Hall–Kier alpha value is -1.22. The molecule has 0 unspecified atom stereocenters. The molecule has 0 atom stereocenters. The van der Waals surface area contributed by atoms with Crippen LogP contribution in [0, 0.1) is 10.8 Å². The number of esters is 2. The monoisotopic (exact) mass is 378 g/mol. The Bertz CT molecular complexity index is 364. The highest BCUT2D eigenvalue weighted by Gasteiger charge is 2.34. The Morgan fingerprint density at radius 3 is 1.15 bits per heavy atom. The van der Waals surface area contributed by atoms with Crippen molar-refractivity contribution >= 4 is 11.9 Å². The van der Waals surface area contributed by atoms with E-state index in [1.165, 1.54) is 13.8 Å². The van der Waals surface area contributed by atoms with Crippen molar-refractivity contribution in [1.29, 1.82) is 0 Å². The summed E-state index contributed by atoms with van der Waals surface area (Å²) in [6.45, 7) is 1.59. The van der Waals surface area contributed by atoms with E-state index in [2.05, 4.69) is 0 Å². The smallest absolute Gasteiger partial charge is 0.316 e. The zero-order valence-electron chi connectivity index (χ0n) is 15.9. The number of ether oxygens (including phenoxy) is 2. The van der Waals surface area contributed by atoms with Crippen LogP contribution in [0.4, 0.5) is 0 Å². The van der Waals surface area contributed by atoms with E-state index in [0.717, 1.165) is 25.7 Å². The van der Waals surface area contributed by atoms with E-state index in [0.29, 0.717) is 12.8 Å². The molecule has 0 aliphatic rings. The van der Waals surface area contributed by atoms with Gasteiger partial charge < -0.3 is 29.9 Å². The molecule has 8 heteroatoms. The first-order valence-electron chi connectivity index (χ1n) is 9.07. The van der Waals surface area contributed by atoms with E-state index in [-0.39, 0.29) is 13.2 Å². The van der Waals surface area contributed by atoms with Gasteiger partial charge in [-0.3, -0.25) is 9.59 Å². The van der Waals surface area contributed by atoms with Gasteiger partial charge in [0.15, 0.2) is 0 Å². The second kappa shape index (κ2) is 13.0. The molecule has 154 valence electrons. The molecule has 0 spiro atoms. The number of rotatable bonds is 15. The van der Waals surface area contributed by atoms with Crippen molar-refractivity contribution in [3.8, 4) is 0 Å². The van der Waals surface area contributed by atoms with Crippen molar-refractivity contribution in [3.05, 3.63) is 0 Å². The summed E-state index contributed by atoms with van der Waals surface area (Å²) in [6.07, 6.45) is 5.09. The molecule has 0 fully saturated rings. The van der Waals surface area contributed by atoms with Crippen LogP contribution in [0.3, 0.4) is 0 Å². The average Bonchev–Trinajstić information content (AvgIpc) is 2.67. The fourth-order valence-electron chi connectivity index (χ4n) is 1.95. The largest absolute Gasteiger partial charge is 0.465 e. The molecule has 26 heavy (non-hydrogen) atoms. The minimum Gasteiger partial charge on any atom is -0.465 e. The summed E-state index contributed by atoms with van der Waals surface area (Å²) in [4.78, 5) is 23.4. The van der Waals surface area contributed by atoms with Crippen LogP contribution in [-0.4, -0.2) is 72.0 Å². The molecule has 8 nitrogen and oxygen atoms in total. The lowest BCUT2D eigenvalue weighted by atomic mass is 9.93. The van der Waals surface area contributed by atoms with E-state index >= 15 is 0 Å². The first-order chi connectivity index (χ1) is 12.3. The molecule has 0 aromatic rings. The third kappa shape index (κ3) is 8.44. The van der Waals surface area contributed by atoms with Crippen molar-refractivity contribution in [2.45, 2.75) is 52.4 Å². The van der Waals surface area contributed by atoms with E-state index < -0.39 is 49.2 Å². The number of hydrogen-bond donors (Lipinski definition) is 4. The van der Waals surface area contributed by atoms with E-state index in [4.69, 9.17) is 29.9 Å². The fraction of sp³-hybridized carbons (Fsp3) is 0.889. The van der Waals surface area contributed by atoms with Crippen LogP contribution in [0.5, 0.6) is 0 Å². The fourth-order valence-corrected chi connectivity index (χ4v) is 1.95. The van der Waals surface area contributed by atoms with Gasteiger partial charge in [0.2, 0.25) is 0 Å². The topological polar surface area (TPSA) is 134 Å². The van der Waals surface area contributed by atoms with Crippen LogP contribution in [-0.2, 0) is 19.1 Å². The van der Waals surface area contributed by atoms with Crippen LogP contribution in [0.15, 0.2) is 0 Å². The van der Waals surface area contributed by atoms with Gasteiger partial charge in [0.05, 0.1) is 39.6 Å². The number of aliphatic hydroxyl groups excluding tert-OH is 4. The molecule has 0 aromatic heterocycles. The van der Waals surface area contributed by atoms with Gasteiger partial charge in [-0.1, -0.05) is 25.7 Å². The highest BCUT2D eigenvalue weighted by Crippen LogP contribution is 2.18. The van der Waals surface area contributed by atoms with Crippen LogP contribution in [0.1, 0.15) is 52.4 Å². The summed E-state index contributed by atoms with van der Waals surface area (Å²) in [5, 5.41) is 36.4. The van der Waals surface area contributed by atoms with E-state index in [9.17, 15) is 9.59 Å². The summed E-state index contributed by atoms with van der Waals surface area (Å²) < 4.78 is 10.1. The predicted octanol–water partition coefficient (Wildman–Crippen LogP) is 0.395. The lowest BCUT2D eigenvalue weighted by Gasteiger charge is -2.22. The minimum absolute atomic E-state index is 0.257. The molecule has 0 saturated heterocycles. The minimum atomic E-state index is -1.25.